The third kappa shape index (κ3) is 4.83. The zero-order chi connectivity index (χ0) is 22.5. The van der Waals surface area contributed by atoms with Crippen molar-refractivity contribution >= 4 is 22.6 Å². The first kappa shape index (κ1) is 21.6. The summed E-state index contributed by atoms with van der Waals surface area (Å²) in [6.07, 6.45) is 9.52. The fraction of sp³-hybridized carbons (Fsp3) is 0.259. The molecule has 0 aliphatic carbocycles. The fourth-order valence-corrected chi connectivity index (χ4v) is 4.06. The van der Waals surface area contributed by atoms with E-state index in [1.54, 1.807) is 6.20 Å². The first-order valence-corrected chi connectivity index (χ1v) is 11.2. The molecule has 2 N–H and O–H groups in total. The van der Waals surface area contributed by atoms with Gasteiger partial charge >= 0.3 is 0 Å². The van der Waals surface area contributed by atoms with Crippen molar-refractivity contribution in [3.05, 3.63) is 85.1 Å². The third-order valence-electron chi connectivity index (χ3n) is 5.96. The van der Waals surface area contributed by atoms with E-state index in [0.29, 0.717) is 0 Å². The summed E-state index contributed by atoms with van der Waals surface area (Å²) in [6.45, 7) is 12.7. The maximum absolute atomic E-state index is 4.53. The van der Waals surface area contributed by atoms with E-state index in [4.69, 9.17) is 0 Å². The van der Waals surface area contributed by atoms with Crippen molar-refractivity contribution in [3.8, 4) is 11.1 Å². The Morgan fingerprint density at radius 2 is 1.75 bits per heavy atom. The van der Waals surface area contributed by atoms with Crippen LogP contribution in [0.15, 0.2) is 73.8 Å². The summed E-state index contributed by atoms with van der Waals surface area (Å²) in [5, 5.41) is 6.61. The Labute approximate surface area is 190 Å². The van der Waals surface area contributed by atoms with E-state index in [2.05, 4.69) is 62.9 Å². The predicted molar refractivity (Wildman–Crippen MR) is 136 cm³/mol. The quantitative estimate of drug-likeness (QED) is 0.447. The molecule has 4 rings (SSSR count). The average molecular weight is 426 g/mol. The van der Waals surface area contributed by atoms with Gasteiger partial charge in [-0.1, -0.05) is 19.2 Å². The maximum atomic E-state index is 4.53. The van der Waals surface area contributed by atoms with Crippen LogP contribution in [0.3, 0.4) is 0 Å². The second-order valence-corrected chi connectivity index (χ2v) is 8.26. The van der Waals surface area contributed by atoms with Crippen molar-refractivity contribution in [3.63, 3.8) is 0 Å². The second kappa shape index (κ2) is 9.69. The lowest BCUT2D eigenvalue weighted by atomic mass is 9.97. The van der Waals surface area contributed by atoms with E-state index in [9.17, 15) is 0 Å². The Morgan fingerprint density at radius 1 is 0.938 bits per heavy atom. The minimum absolute atomic E-state index is 0.740. The van der Waals surface area contributed by atoms with Gasteiger partial charge in [-0.3, -0.25) is 9.97 Å². The summed E-state index contributed by atoms with van der Waals surface area (Å²) in [5.41, 5.74) is 8.85. The number of pyridine rings is 2. The summed E-state index contributed by atoms with van der Waals surface area (Å²) >= 11 is 0. The molecule has 1 saturated heterocycles. The smallest absolute Gasteiger partial charge is 0.0570 e. The molecule has 5 heteroatoms. The van der Waals surface area contributed by atoms with Crippen molar-refractivity contribution in [2.75, 3.05) is 35.7 Å². The lowest BCUT2D eigenvalue weighted by Gasteiger charge is -2.28. The number of hydrogen-bond donors (Lipinski definition) is 2. The van der Waals surface area contributed by atoms with Crippen LogP contribution in [0.1, 0.15) is 30.5 Å². The largest absolute Gasteiger partial charge is 0.388 e. The van der Waals surface area contributed by atoms with Gasteiger partial charge in [-0.05, 0) is 67.7 Å². The molecule has 0 spiro atoms. The monoisotopic (exact) mass is 425 g/mol. The second-order valence-electron chi connectivity index (χ2n) is 8.26. The molecule has 0 atom stereocenters. The SMILES string of the molecule is C=C(Nc1ccc(C)nc1)C(=C)c1cc(-c2cncc(N3CCCCC3)c2)ccc1NC. The Hall–Kier alpha value is -3.60. The van der Waals surface area contributed by atoms with Gasteiger partial charge < -0.3 is 15.5 Å². The number of nitrogens with zero attached hydrogens (tertiary/aromatic N) is 3. The van der Waals surface area contributed by atoms with Gasteiger partial charge in [0.05, 0.1) is 23.8 Å². The maximum Gasteiger partial charge on any atom is 0.0570 e. The van der Waals surface area contributed by atoms with Crippen LogP contribution in [-0.2, 0) is 0 Å². The molecule has 2 aromatic heterocycles. The van der Waals surface area contributed by atoms with Gasteiger partial charge in [0.15, 0.2) is 0 Å². The van der Waals surface area contributed by atoms with Crippen LogP contribution in [0, 0.1) is 6.92 Å². The van der Waals surface area contributed by atoms with Gasteiger partial charge in [-0.2, -0.15) is 0 Å². The molecule has 0 saturated carbocycles. The zero-order valence-electron chi connectivity index (χ0n) is 19.0. The number of aromatic nitrogens is 2. The molecular weight excluding hydrogens is 394 g/mol. The lowest BCUT2D eigenvalue weighted by Crippen LogP contribution is -2.29. The first-order valence-electron chi connectivity index (χ1n) is 11.2. The molecule has 1 aromatic carbocycles. The van der Waals surface area contributed by atoms with E-state index in [1.807, 2.05) is 38.5 Å². The number of piperidine rings is 1. The normalized spacial score (nSPS) is 13.5. The molecule has 1 fully saturated rings. The van der Waals surface area contributed by atoms with Gasteiger partial charge in [-0.25, -0.2) is 0 Å². The molecular formula is C27H31N5. The summed E-state index contributed by atoms with van der Waals surface area (Å²) < 4.78 is 0. The molecule has 3 heterocycles. The predicted octanol–water partition coefficient (Wildman–Crippen LogP) is 6.12. The van der Waals surface area contributed by atoms with Crippen LogP contribution in [0.25, 0.3) is 16.7 Å². The van der Waals surface area contributed by atoms with Crippen LogP contribution in [0.5, 0.6) is 0 Å². The molecule has 1 aliphatic heterocycles. The number of rotatable bonds is 7. The van der Waals surface area contributed by atoms with Gasteiger partial charge in [0, 0.05) is 54.5 Å². The van der Waals surface area contributed by atoms with E-state index < -0.39 is 0 Å². The Balaban J connectivity index is 1.60. The number of nitrogens with one attached hydrogen (secondary N) is 2. The number of aryl methyl sites for hydroxylation is 1. The minimum Gasteiger partial charge on any atom is -0.388 e. The van der Waals surface area contributed by atoms with Crippen LogP contribution < -0.4 is 15.5 Å². The highest BCUT2D eigenvalue weighted by Crippen LogP contribution is 2.33. The standard InChI is InChI=1S/C27H31N5/c1-19-8-10-24(17-30-19)31-21(3)20(2)26-15-22(9-11-27(26)28-4)23-14-25(18-29-16-23)32-12-6-5-7-13-32/h8-11,14-18,28,31H,2-3,5-7,12-13H2,1,4H3. The molecule has 1 aliphatic rings. The molecule has 164 valence electrons. The Morgan fingerprint density at radius 3 is 2.47 bits per heavy atom. The molecule has 0 amide bonds. The van der Waals surface area contributed by atoms with Crippen molar-refractivity contribution in [2.45, 2.75) is 26.2 Å². The van der Waals surface area contributed by atoms with E-state index >= 15 is 0 Å². The van der Waals surface area contributed by atoms with E-state index in [0.717, 1.165) is 58.1 Å². The molecule has 0 radical (unpaired) electrons. The first-order chi connectivity index (χ1) is 15.5. The van der Waals surface area contributed by atoms with E-state index in [-0.39, 0.29) is 0 Å². The molecule has 3 aromatic rings. The number of anilines is 3. The average Bonchev–Trinajstić information content (AvgIpc) is 2.85. The van der Waals surface area contributed by atoms with Crippen LogP contribution in [-0.4, -0.2) is 30.1 Å². The highest BCUT2D eigenvalue weighted by atomic mass is 15.1. The Kier molecular flexibility index (Phi) is 6.55. The summed E-state index contributed by atoms with van der Waals surface area (Å²) in [7, 11) is 1.92. The molecule has 32 heavy (non-hydrogen) atoms. The topological polar surface area (TPSA) is 53.1 Å². The van der Waals surface area contributed by atoms with Crippen LogP contribution in [0.4, 0.5) is 17.1 Å². The molecule has 5 nitrogen and oxygen atoms in total. The van der Waals surface area contributed by atoms with Crippen LogP contribution in [0.2, 0.25) is 0 Å². The summed E-state index contributed by atoms with van der Waals surface area (Å²) in [6, 6.07) is 12.6. The van der Waals surface area contributed by atoms with Crippen molar-refractivity contribution in [2.24, 2.45) is 0 Å². The van der Waals surface area contributed by atoms with Gasteiger partial charge in [0.25, 0.3) is 0 Å². The number of hydrogen-bond acceptors (Lipinski definition) is 5. The minimum atomic E-state index is 0.740. The van der Waals surface area contributed by atoms with Crippen molar-refractivity contribution in [1.82, 2.24) is 9.97 Å². The summed E-state index contributed by atoms with van der Waals surface area (Å²) in [5.74, 6) is 0. The van der Waals surface area contributed by atoms with E-state index in [1.165, 1.54) is 24.9 Å². The summed E-state index contributed by atoms with van der Waals surface area (Å²) in [4.78, 5) is 11.3. The third-order valence-corrected chi connectivity index (χ3v) is 5.96. The lowest BCUT2D eigenvalue weighted by molar-refractivity contribution is 0.577. The van der Waals surface area contributed by atoms with Crippen molar-refractivity contribution in [1.29, 1.82) is 0 Å². The molecule has 0 bridgehead atoms. The van der Waals surface area contributed by atoms with Crippen LogP contribution >= 0.6 is 0 Å². The van der Waals surface area contributed by atoms with Crippen molar-refractivity contribution < 1.29 is 0 Å². The highest BCUT2D eigenvalue weighted by Gasteiger charge is 2.14. The Bertz CT molecular complexity index is 1110. The van der Waals surface area contributed by atoms with Gasteiger partial charge in [0.1, 0.15) is 0 Å². The van der Waals surface area contributed by atoms with Gasteiger partial charge in [0.2, 0.25) is 0 Å². The molecule has 0 unspecified atom stereocenters. The fourth-order valence-electron chi connectivity index (χ4n) is 4.06. The van der Waals surface area contributed by atoms with Gasteiger partial charge in [-0.15, -0.1) is 0 Å². The zero-order valence-corrected chi connectivity index (χ0v) is 19.0. The number of allylic oxidation sites excluding steroid dienone is 1. The highest BCUT2D eigenvalue weighted by molar-refractivity contribution is 5.88. The number of benzene rings is 1.